The van der Waals surface area contributed by atoms with Crippen molar-refractivity contribution >= 4 is 32.9 Å². The van der Waals surface area contributed by atoms with Gasteiger partial charge in [0.25, 0.3) is 0 Å². The van der Waals surface area contributed by atoms with E-state index in [1.807, 2.05) is 67.6 Å². The molecule has 3 aliphatic rings. The summed E-state index contributed by atoms with van der Waals surface area (Å²) >= 11 is 0. The molecule has 5 aromatic rings. The maximum atomic E-state index is 15.6. The molecule has 0 spiro atoms. The van der Waals surface area contributed by atoms with Gasteiger partial charge in [-0.3, -0.25) is 9.78 Å². The Kier molecular flexibility index (Phi) is 15.1. The maximum absolute atomic E-state index is 15.6. The number of hydrogen-bond acceptors (Lipinski definition) is 11. The monoisotopic (exact) mass is 913 g/mol. The van der Waals surface area contributed by atoms with E-state index in [1.165, 1.54) is 4.31 Å². The summed E-state index contributed by atoms with van der Waals surface area (Å²) in [6.07, 6.45) is 11.2. The van der Waals surface area contributed by atoms with E-state index in [0.717, 1.165) is 48.7 Å². The standard InChI is InChI=1S/C53H59N3O9S/c1-3-27-56(66(60,61)48-23-13-19-39-20-14-26-54-52(39)48)49-34-46(55-63-36-37-15-6-5-7-16-37)44-32-40(18-8-10-28-57)43(22-9-11-29-58)50-45-33-42(64-41-21-12-17-38(31-41)35-59)24-25-47(45)65-53(49,51(44)50)62-30-4-2/h4-7,12-17,19-21,23-26,31-33,35,40,43,49-51,57-58H,2-3,8-11,18,22,27-30,34,36H2,1H3. The first-order valence-corrected chi connectivity index (χ1v) is 24.5. The number of benzene rings is 4. The van der Waals surface area contributed by atoms with Crippen molar-refractivity contribution in [2.45, 2.75) is 87.5 Å². The Balaban J connectivity index is 1.37. The number of oxime groups is 1. The average molecular weight is 914 g/mol. The number of carbonyl (C=O) groups is 1. The molecule has 0 amide bonds. The van der Waals surface area contributed by atoms with E-state index in [4.69, 9.17) is 24.2 Å². The zero-order valence-corrected chi connectivity index (χ0v) is 38.2. The van der Waals surface area contributed by atoms with E-state index in [1.54, 1.807) is 54.7 Å². The normalized spacial score (nSPS) is 22.8. The molecule has 4 aromatic carbocycles. The molecule has 0 radical (unpaired) electrons. The Bertz CT molecular complexity index is 2650. The summed E-state index contributed by atoms with van der Waals surface area (Å²) < 4.78 is 53.7. The highest BCUT2D eigenvalue weighted by Crippen LogP contribution is 2.62. The molecule has 13 heteroatoms. The third-order valence-electron chi connectivity index (χ3n) is 13.1. The predicted octanol–water partition coefficient (Wildman–Crippen LogP) is 9.77. The molecule has 6 unspecified atom stereocenters. The van der Waals surface area contributed by atoms with Crippen molar-refractivity contribution in [2.24, 2.45) is 22.9 Å². The number of para-hydroxylation sites is 1. The number of rotatable bonds is 22. The highest BCUT2D eigenvalue weighted by atomic mass is 32.2. The Morgan fingerprint density at radius 2 is 1.70 bits per heavy atom. The molecule has 12 nitrogen and oxygen atoms in total. The Labute approximate surface area is 387 Å². The number of sulfonamides is 1. The number of aliphatic hydroxyl groups is 2. The van der Waals surface area contributed by atoms with Gasteiger partial charge in [-0.15, -0.1) is 6.58 Å². The number of hydrogen-bond donors (Lipinski definition) is 2. The topological polar surface area (TPSA) is 157 Å². The molecule has 0 bridgehead atoms. The molecule has 1 fully saturated rings. The number of pyridine rings is 1. The fourth-order valence-corrected chi connectivity index (χ4v) is 12.2. The average Bonchev–Trinajstić information content (AvgIpc) is 3.34. The molecule has 2 aliphatic carbocycles. The second-order valence-electron chi connectivity index (χ2n) is 17.3. The van der Waals surface area contributed by atoms with Crippen LogP contribution in [0.15, 0.2) is 144 Å². The van der Waals surface area contributed by atoms with E-state index in [9.17, 15) is 15.0 Å². The molecule has 346 valence electrons. The van der Waals surface area contributed by atoms with Crippen LogP contribution >= 0.6 is 0 Å². The van der Waals surface area contributed by atoms with Gasteiger partial charge in [-0.05, 0) is 97.5 Å². The molecular formula is C53H59N3O9S. The summed E-state index contributed by atoms with van der Waals surface area (Å²) in [5, 5.41) is 25.6. The predicted molar refractivity (Wildman–Crippen MR) is 254 cm³/mol. The van der Waals surface area contributed by atoms with E-state index >= 15 is 8.42 Å². The number of aromatic nitrogens is 1. The Hall–Kier alpha value is -5.70. The second kappa shape index (κ2) is 21.3. The number of carbonyl (C=O) groups excluding carboxylic acids is 1. The lowest BCUT2D eigenvalue weighted by Gasteiger charge is -2.59. The lowest BCUT2D eigenvalue weighted by molar-refractivity contribution is -0.251. The summed E-state index contributed by atoms with van der Waals surface area (Å²) in [5.74, 6) is -1.05. The number of aldehydes is 1. The Morgan fingerprint density at radius 1 is 0.924 bits per heavy atom. The minimum absolute atomic E-state index is 0.00324. The van der Waals surface area contributed by atoms with E-state index in [-0.39, 0.29) is 62.0 Å². The minimum Gasteiger partial charge on any atom is -0.460 e. The van der Waals surface area contributed by atoms with Crippen molar-refractivity contribution in [3.8, 4) is 17.2 Å². The molecule has 2 heterocycles. The number of nitrogens with zero attached hydrogens (tertiary/aromatic N) is 3. The van der Waals surface area contributed by atoms with Gasteiger partial charge in [0, 0.05) is 54.8 Å². The second-order valence-corrected chi connectivity index (χ2v) is 19.1. The third kappa shape index (κ3) is 9.59. The zero-order valence-electron chi connectivity index (χ0n) is 37.4. The van der Waals surface area contributed by atoms with Crippen molar-refractivity contribution in [1.29, 1.82) is 0 Å². The minimum atomic E-state index is -4.32. The van der Waals surface area contributed by atoms with Crippen LogP contribution in [0.5, 0.6) is 17.2 Å². The van der Waals surface area contributed by atoms with Crippen LogP contribution in [-0.4, -0.2) is 78.1 Å². The van der Waals surface area contributed by atoms with Gasteiger partial charge in [-0.25, -0.2) is 8.42 Å². The molecule has 2 N–H and O–H groups in total. The summed E-state index contributed by atoms with van der Waals surface area (Å²) in [6.45, 7) is 6.49. The molecule has 1 saturated carbocycles. The molecule has 8 rings (SSSR count). The van der Waals surface area contributed by atoms with E-state index in [2.05, 4.69) is 17.6 Å². The van der Waals surface area contributed by atoms with Crippen molar-refractivity contribution in [2.75, 3.05) is 26.4 Å². The van der Waals surface area contributed by atoms with Gasteiger partial charge in [-0.1, -0.05) is 97.7 Å². The SMILES string of the molecule is C=CCOC12Oc3ccc(Oc4cccc(C=O)c4)cc3C3C(CCCCO)C(CCCCO)C=C(C(=NOCc4ccccc4)CC1N(CCC)S(=O)(=O)c1cccc4cccnc14)C32. The lowest BCUT2D eigenvalue weighted by atomic mass is 9.55. The quantitative estimate of drug-likeness (QED) is 0.0297. The molecule has 1 aliphatic heterocycles. The van der Waals surface area contributed by atoms with Gasteiger partial charge < -0.3 is 29.3 Å². The van der Waals surface area contributed by atoms with Gasteiger partial charge >= 0.3 is 0 Å². The van der Waals surface area contributed by atoms with Crippen molar-refractivity contribution < 1.29 is 42.5 Å². The third-order valence-corrected chi connectivity index (χ3v) is 15.0. The van der Waals surface area contributed by atoms with Crippen LogP contribution in [0.1, 0.15) is 85.7 Å². The summed E-state index contributed by atoms with van der Waals surface area (Å²) in [7, 11) is -4.32. The first-order chi connectivity index (χ1) is 32.3. The number of allylic oxidation sites excluding steroid dienone is 1. The summed E-state index contributed by atoms with van der Waals surface area (Å²) in [4.78, 5) is 22.6. The highest BCUT2D eigenvalue weighted by molar-refractivity contribution is 7.89. The van der Waals surface area contributed by atoms with E-state index in [0.29, 0.717) is 58.7 Å². The maximum Gasteiger partial charge on any atom is 0.245 e. The van der Waals surface area contributed by atoms with Crippen LogP contribution in [-0.2, 0) is 26.2 Å². The number of aliphatic hydroxyl groups excluding tert-OH is 2. The van der Waals surface area contributed by atoms with Crippen LogP contribution in [0.25, 0.3) is 10.9 Å². The number of ether oxygens (including phenoxy) is 3. The van der Waals surface area contributed by atoms with Crippen LogP contribution in [0.2, 0.25) is 0 Å². The van der Waals surface area contributed by atoms with Gasteiger partial charge in [-0.2, -0.15) is 4.31 Å². The fraction of sp³-hybridized carbons (Fsp3) is 0.377. The number of unbranched alkanes of at least 4 members (excludes halogenated alkanes) is 2. The van der Waals surface area contributed by atoms with Gasteiger partial charge in [0.05, 0.1) is 29.8 Å². The van der Waals surface area contributed by atoms with Crippen molar-refractivity contribution in [3.63, 3.8) is 0 Å². The van der Waals surface area contributed by atoms with Crippen LogP contribution < -0.4 is 9.47 Å². The molecule has 66 heavy (non-hydrogen) atoms. The fourth-order valence-electron chi connectivity index (χ4n) is 10.3. The first kappa shape index (κ1) is 46.8. The first-order valence-electron chi connectivity index (χ1n) is 23.1. The molecule has 1 aromatic heterocycles. The largest absolute Gasteiger partial charge is 0.460 e. The molecular weight excluding hydrogens is 855 g/mol. The smallest absolute Gasteiger partial charge is 0.245 e. The van der Waals surface area contributed by atoms with Gasteiger partial charge in [0.1, 0.15) is 35.0 Å². The van der Waals surface area contributed by atoms with Gasteiger partial charge in [0.15, 0.2) is 0 Å². The molecule has 0 saturated heterocycles. The number of fused-ring (bicyclic) bond motifs is 3. The van der Waals surface area contributed by atoms with Crippen LogP contribution in [0, 0.1) is 17.8 Å². The summed E-state index contributed by atoms with van der Waals surface area (Å²) in [6, 6.07) is 30.3. The van der Waals surface area contributed by atoms with Crippen molar-refractivity contribution in [1.82, 2.24) is 9.29 Å². The lowest BCUT2D eigenvalue weighted by Crippen LogP contribution is -2.70. The zero-order chi connectivity index (χ0) is 46.1. The van der Waals surface area contributed by atoms with Crippen LogP contribution in [0.3, 0.4) is 0 Å². The van der Waals surface area contributed by atoms with Crippen molar-refractivity contribution in [3.05, 3.63) is 150 Å². The van der Waals surface area contributed by atoms with Gasteiger partial charge in [0.2, 0.25) is 15.8 Å². The molecule has 6 atom stereocenters. The highest BCUT2D eigenvalue weighted by Gasteiger charge is 2.66. The van der Waals surface area contributed by atoms with Crippen LogP contribution in [0.4, 0.5) is 0 Å². The Morgan fingerprint density at radius 3 is 2.47 bits per heavy atom. The summed E-state index contributed by atoms with van der Waals surface area (Å²) in [5.41, 5.74) is 4.10. The van der Waals surface area contributed by atoms with E-state index < -0.39 is 27.8 Å².